The van der Waals surface area contributed by atoms with Gasteiger partial charge >= 0.3 is 0 Å². The van der Waals surface area contributed by atoms with Gasteiger partial charge in [0.2, 0.25) is 6.41 Å². The molecular formula is C20H25N5O4. The number of nitrogens with zero attached hydrogens (tertiary/aromatic N) is 4. The zero-order valence-corrected chi connectivity index (χ0v) is 16.6. The molecule has 2 aromatic rings. The number of carbonyl (C=O) groups excluding carboxylic acids is 2. The van der Waals surface area contributed by atoms with Gasteiger partial charge in [-0.1, -0.05) is 0 Å². The van der Waals surface area contributed by atoms with Crippen LogP contribution in [0.2, 0.25) is 0 Å². The van der Waals surface area contributed by atoms with E-state index in [1.165, 1.54) is 0 Å². The van der Waals surface area contributed by atoms with E-state index in [9.17, 15) is 9.59 Å². The molecule has 0 aliphatic carbocycles. The first kappa shape index (κ1) is 20.4. The molecule has 29 heavy (non-hydrogen) atoms. The molecule has 0 radical (unpaired) electrons. The minimum absolute atomic E-state index is 0.276. The SMILES string of the molecule is COc1ccc(OCCNC(=O)c2cc(N3CCN(C=O)CC3)nc(C)n2)cc1. The van der Waals surface area contributed by atoms with E-state index >= 15 is 0 Å². The minimum Gasteiger partial charge on any atom is -0.497 e. The van der Waals surface area contributed by atoms with Crippen LogP contribution in [0.4, 0.5) is 5.82 Å². The maximum absolute atomic E-state index is 12.5. The summed E-state index contributed by atoms with van der Waals surface area (Å²) in [7, 11) is 1.61. The lowest BCUT2D eigenvalue weighted by molar-refractivity contribution is -0.118. The standard InChI is InChI=1S/C20H25N5O4/c1-15-22-18(13-19(23-15)25-10-8-24(14-26)9-11-25)20(27)21-7-12-29-17-5-3-16(28-2)4-6-17/h3-6,13-14H,7-12H2,1-2H3,(H,21,27). The smallest absolute Gasteiger partial charge is 0.270 e. The van der Waals surface area contributed by atoms with Crippen LogP contribution < -0.4 is 19.7 Å². The molecule has 1 N–H and O–H groups in total. The number of benzene rings is 1. The first-order valence-electron chi connectivity index (χ1n) is 9.44. The average Bonchev–Trinajstić information content (AvgIpc) is 2.76. The number of aromatic nitrogens is 2. The Morgan fingerprint density at radius 2 is 1.83 bits per heavy atom. The fourth-order valence-corrected chi connectivity index (χ4v) is 2.98. The quantitative estimate of drug-likeness (QED) is 0.520. The average molecular weight is 399 g/mol. The zero-order chi connectivity index (χ0) is 20.6. The van der Waals surface area contributed by atoms with Crippen molar-refractivity contribution in [2.45, 2.75) is 6.92 Å². The summed E-state index contributed by atoms with van der Waals surface area (Å²) >= 11 is 0. The number of ether oxygens (including phenoxy) is 2. The fraction of sp³-hybridized carbons (Fsp3) is 0.400. The third-order valence-electron chi connectivity index (χ3n) is 4.56. The number of hydrogen-bond donors (Lipinski definition) is 1. The summed E-state index contributed by atoms with van der Waals surface area (Å²) in [5.41, 5.74) is 0.315. The summed E-state index contributed by atoms with van der Waals surface area (Å²) < 4.78 is 10.7. The highest BCUT2D eigenvalue weighted by Gasteiger charge is 2.19. The molecule has 1 aromatic carbocycles. The van der Waals surface area contributed by atoms with Gasteiger partial charge in [0.15, 0.2) is 0 Å². The van der Waals surface area contributed by atoms with Crippen LogP contribution in [0.5, 0.6) is 11.5 Å². The molecule has 154 valence electrons. The second-order valence-electron chi connectivity index (χ2n) is 6.57. The van der Waals surface area contributed by atoms with Crippen LogP contribution in [-0.2, 0) is 4.79 Å². The van der Waals surface area contributed by atoms with Gasteiger partial charge in [0.05, 0.1) is 13.7 Å². The highest BCUT2D eigenvalue weighted by Crippen LogP contribution is 2.17. The van der Waals surface area contributed by atoms with Crippen LogP contribution in [0.25, 0.3) is 0 Å². The molecule has 0 saturated carbocycles. The Balaban J connectivity index is 1.52. The van der Waals surface area contributed by atoms with Crippen molar-refractivity contribution in [3.05, 3.63) is 41.9 Å². The third kappa shape index (κ3) is 5.56. The molecule has 9 nitrogen and oxygen atoms in total. The lowest BCUT2D eigenvalue weighted by Gasteiger charge is -2.33. The van der Waals surface area contributed by atoms with Crippen LogP contribution in [-0.4, -0.2) is 73.6 Å². The summed E-state index contributed by atoms with van der Waals surface area (Å²) in [4.78, 5) is 35.8. The second kappa shape index (κ2) is 9.72. The van der Waals surface area contributed by atoms with Crippen molar-refractivity contribution in [2.75, 3.05) is 51.3 Å². The van der Waals surface area contributed by atoms with Crippen molar-refractivity contribution in [3.8, 4) is 11.5 Å². The number of piperazine rings is 1. The molecule has 1 aliphatic heterocycles. The molecule has 0 atom stereocenters. The van der Waals surface area contributed by atoms with E-state index in [2.05, 4.69) is 20.2 Å². The molecule has 0 bridgehead atoms. The largest absolute Gasteiger partial charge is 0.497 e. The van der Waals surface area contributed by atoms with Gasteiger partial charge in [-0.15, -0.1) is 0 Å². The van der Waals surface area contributed by atoms with Gasteiger partial charge in [-0.05, 0) is 31.2 Å². The Morgan fingerprint density at radius 3 is 2.48 bits per heavy atom. The lowest BCUT2D eigenvalue weighted by Crippen LogP contribution is -2.46. The van der Waals surface area contributed by atoms with E-state index in [0.717, 1.165) is 12.2 Å². The zero-order valence-electron chi connectivity index (χ0n) is 16.6. The van der Waals surface area contributed by atoms with Gasteiger partial charge < -0.3 is 24.6 Å². The summed E-state index contributed by atoms with van der Waals surface area (Å²) in [6.45, 7) is 5.06. The number of methoxy groups -OCH3 is 1. The van der Waals surface area contributed by atoms with E-state index in [-0.39, 0.29) is 5.91 Å². The van der Waals surface area contributed by atoms with Crippen LogP contribution in [0, 0.1) is 6.92 Å². The Morgan fingerprint density at radius 1 is 1.14 bits per heavy atom. The molecule has 1 fully saturated rings. The lowest BCUT2D eigenvalue weighted by atomic mass is 10.3. The molecule has 2 heterocycles. The molecule has 1 aliphatic rings. The Kier molecular flexibility index (Phi) is 6.83. The second-order valence-corrected chi connectivity index (χ2v) is 6.57. The van der Waals surface area contributed by atoms with Crippen LogP contribution >= 0.6 is 0 Å². The summed E-state index contributed by atoms with van der Waals surface area (Å²) in [6, 6.07) is 8.93. The molecule has 1 saturated heterocycles. The normalized spacial score (nSPS) is 13.7. The summed E-state index contributed by atoms with van der Waals surface area (Å²) in [6.07, 6.45) is 0.857. The van der Waals surface area contributed by atoms with Crippen molar-refractivity contribution in [2.24, 2.45) is 0 Å². The number of amides is 2. The fourth-order valence-electron chi connectivity index (χ4n) is 2.98. The van der Waals surface area contributed by atoms with Crippen LogP contribution in [0.1, 0.15) is 16.3 Å². The van der Waals surface area contributed by atoms with Crippen molar-refractivity contribution in [3.63, 3.8) is 0 Å². The van der Waals surface area contributed by atoms with Gasteiger partial charge in [0.1, 0.15) is 35.4 Å². The number of carbonyl (C=O) groups is 2. The van der Waals surface area contributed by atoms with Gasteiger partial charge in [-0.3, -0.25) is 9.59 Å². The molecule has 3 rings (SSSR count). The molecule has 9 heteroatoms. The Bertz CT molecular complexity index is 835. The van der Waals surface area contributed by atoms with Crippen LogP contribution in [0.3, 0.4) is 0 Å². The number of hydrogen-bond acceptors (Lipinski definition) is 7. The number of nitrogens with one attached hydrogen (secondary N) is 1. The number of anilines is 1. The van der Waals surface area contributed by atoms with Crippen molar-refractivity contribution in [1.82, 2.24) is 20.2 Å². The third-order valence-corrected chi connectivity index (χ3v) is 4.56. The number of rotatable bonds is 8. The maximum atomic E-state index is 12.5. The first-order valence-corrected chi connectivity index (χ1v) is 9.44. The van der Waals surface area contributed by atoms with E-state index in [1.807, 2.05) is 24.3 Å². The summed E-state index contributed by atoms with van der Waals surface area (Å²) in [5, 5.41) is 2.81. The number of aryl methyl sites for hydroxylation is 1. The molecule has 0 spiro atoms. The topological polar surface area (TPSA) is 96.9 Å². The van der Waals surface area contributed by atoms with Gasteiger partial charge in [-0.25, -0.2) is 9.97 Å². The highest BCUT2D eigenvalue weighted by molar-refractivity contribution is 5.92. The van der Waals surface area contributed by atoms with Crippen molar-refractivity contribution >= 4 is 18.1 Å². The highest BCUT2D eigenvalue weighted by atomic mass is 16.5. The van der Waals surface area contributed by atoms with Gasteiger partial charge in [-0.2, -0.15) is 0 Å². The van der Waals surface area contributed by atoms with E-state index in [1.54, 1.807) is 25.0 Å². The first-order chi connectivity index (χ1) is 14.1. The maximum Gasteiger partial charge on any atom is 0.270 e. The molecule has 2 amide bonds. The minimum atomic E-state index is -0.276. The van der Waals surface area contributed by atoms with E-state index in [4.69, 9.17) is 9.47 Å². The molecular weight excluding hydrogens is 374 g/mol. The molecule has 0 unspecified atom stereocenters. The van der Waals surface area contributed by atoms with Crippen molar-refractivity contribution < 1.29 is 19.1 Å². The van der Waals surface area contributed by atoms with Gasteiger partial charge in [0.25, 0.3) is 5.91 Å². The molecule has 1 aromatic heterocycles. The van der Waals surface area contributed by atoms with Crippen LogP contribution in [0.15, 0.2) is 30.3 Å². The predicted molar refractivity (Wildman–Crippen MR) is 107 cm³/mol. The van der Waals surface area contributed by atoms with Gasteiger partial charge in [0, 0.05) is 32.2 Å². The monoisotopic (exact) mass is 399 g/mol. The van der Waals surface area contributed by atoms with E-state index < -0.39 is 0 Å². The van der Waals surface area contributed by atoms with Crippen molar-refractivity contribution in [1.29, 1.82) is 0 Å². The van der Waals surface area contributed by atoms with E-state index in [0.29, 0.717) is 62.4 Å². The predicted octanol–water partition coefficient (Wildman–Crippen LogP) is 0.881. The Labute approximate surface area is 169 Å². The Hall–Kier alpha value is -3.36. The summed E-state index contributed by atoms with van der Waals surface area (Å²) in [5.74, 6) is 2.41.